The molecule has 1 rings (SSSR count). The minimum absolute atomic E-state index is 0.136. The molecule has 0 spiro atoms. The Morgan fingerprint density at radius 2 is 1.83 bits per heavy atom. The molecule has 1 unspecified atom stereocenters. The molecule has 0 bridgehead atoms. The molecule has 0 aliphatic heterocycles. The minimum Gasteiger partial charge on any atom is -0.305 e. The van der Waals surface area contributed by atoms with Crippen molar-refractivity contribution in [2.24, 2.45) is 0 Å². The van der Waals surface area contributed by atoms with Crippen LogP contribution in [-0.4, -0.2) is 19.3 Å². The van der Waals surface area contributed by atoms with E-state index in [0.29, 0.717) is 12.8 Å². The second kappa shape index (κ2) is 3.66. The second-order valence-corrected chi connectivity index (χ2v) is 4.64. The molecule has 0 aromatic rings. The summed E-state index contributed by atoms with van der Waals surface area (Å²) in [5.74, 6) is -0.136. The fourth-order valence-corrected chi connectivity index (χ4v) is 2.66. The van der Waals surface area contributed by atoms with Crippen LogP contribution in [0.5, 0.6) is 0 Å². The van der Waals surface area contributed by atoms with Gasteiger partial charge in [-0.3, -0.25) is 4.79 Å². The lowest BCUT2D eigenvalue weighted by Crippen LogP contribution is -2.43. The van der Waals surface area contributed by atoms with Crippen LogP contribution in [-0.2, 0) is 15.9 Å². The number of rotatable bonds is 2. The quantitative estimate of drug-likeness (QED) is 0.671. The zero-order chi connectivity index (χ0) is 9.19. The van der Waals surface area contributed by atoms with Crippen molar-refractivity contribution in [2.45, 2.75) is 43.8 Å². The van der Waals surface area contributed by atoms with Gasteiger partial charge in [0.1, 0.15) is 4.75 Å². The number of ketones is 1. The van der Waals surface area contributed by atoms with Gasteiger partial charge in [-0.1, -0.05) is 19.3 Å². The first-order valence-electron chi connectivity index (χ1n) is 4.21. The van der Waals surface area contributed by atoms with Crippen molar-refractivity contribution in [3.63, 3.8) is 0 Å². The summed E-state index contributed by atoms with van der Waals surface area (Å²) in [7, 11) is 0. The van der Waals surface area contributed by atoms with Gasteiger partial charge in [0.15, 0.2) is 16.9 Å². The van der Waals surface area contributed by atoms with E-state index in [-0.39, 0.29) is 5.78 Å². The third-order valence-electron chi connectivity index (χ3n) is 2.64. The Bertz CT molecular complexity index is 190. The van der Waals surface area contributed by atoms with E-state index in [9.17, 15) is 9.00 Å². The predicted molar refractivity (Wildman–Crippen MR) is 47.3 cm³/mol. The van der Waals surface area contributed by atoms with E-state index in [1.807, 2.05) is 0 Å². The summed E-state index contributed by atoms with van der Waals surface area (Å²) in [5.41, 5.74) is 0. The van der Waals surface area contributed by atoms with Gasteiger partial charge >= 0.3 is 0 Å². The highest BCUT2D eigenvalue weighted by atomic mass is 32.2. The molecule has 3 nitrogen and oxygen atoms in total. The Morgan fingerprint density at radius 3 is 2.08 bits per heavy atom. The number of hydrogen-bond donors (Lipinski definition) is 1. The largest absolute Gasteiger partial charge is 0.305 e. The number of carbonyl (C=O) groups excluding carboxylic acids is 1. The highest BCUT2D eigenvalue weighted by molar-refractivity contribution is 7.81. The van der Waals surface area contributed by atoms with Crippen LogP contribution >= 0.6 is 0 Å². The molecule has 1 atom stereocenters. The van der Waals surface area contributed by atoms with Crippen molar-refractivity contribution in [1.29, 1.82) is 0 Å². The monoisotopic (exact) mass is 190 g/mol. The molecule has 0 aromatic carbocycles. The summed E-state index contributed by atoms with van der Waals surface area (Å²) >= 11 is -1.99. The maximum Gasteiger partial charge on any atom is 0.166 e. The molecule has 1 aliphatic carbocycles. The van der Waals surface area contributed by atoms with Gasteiger partial charge in [-0.15, -0.1) is 0 Å². The standard InChI is InChI=1S/C8H14O3S/c1-7(9)8(12(10)11)5-3-2-4-6-8/h2-6H2,1H3,(H,10,11). The molecule has 1 fully saturated rings. The van der Waals surface area contributed by atoms with Gasteiger partial charge < -0.3 is 4.55 Å². The zero-order valence-corrected chi connectivity index (χ0v) is 8.02. The molecule has 0 heterocycles. The number of Topliss-reactive ketones (excluding diaryl/α,β-unsaturated/α-hetero) is 1. The van der Waals surface area contributed by atoms with Crippen molar-refractivity contribution in [3.05, 3.63) is 0 Å². The lowest BCUT2D eigenvalue weighted by molar-refractivity contribution is -0.120. The second-order valence-electron chi connectivity index (χ2n) is 3.36. The first kappa shape index (κ1) is 9.86. The summed E-state index contributed by atoms with van der Waals surface area (Å²) in [5, 5.41) is 0. The summed E-state index contributed by atoms with van der Waals surface area (Å²) in [6.07, 6.45) is 4.01. The minimum atomic E-state index is -1.99. The van der Waals surface area contributed by atoms with Gasteiger partial charge in [0.25, 0.3) is 0 Å². The van der Waals surface area contributed by atoms with Crippen molar-refractivity contribution >= 4 is 16.9 Å². The molecular weight excluding hydrogens is 176 g/mol. The smallest absolute Gasteiger partial charge is 0.166 e. The van der Waals surface area contributed by atoms with Crippen molar-refractivity contribution in [1.82, 2.24) is 0 Å². The zero-order valence-electron chi connectivity index (χ0n) is 7.21. The molecule has 0 saturated heterocycles. The summed E-state index contributed by atoms with van der Waals surface area (Å²) < 4.78 is 19.1. The normalized spacial score (nSPS) is 24.8. The molecule has 12 heavy (non-hydrogen) atoms. The SMILES string of the molecule is CC(=O)C1(S(=O)O)CCCCC1. The summed E-state index contributed by atoms with van der Waals surface area (Å²) in [6, 6.07) is 0. The first-order valence-corrected chi connectivity index (χ1v) is 5.32. The van der Waals surface area contributed by atoms with Crippen LogP contribution in [0.2, 0.25) is 0 Å². The van der Waals surface area contributed by atoms with Gasteiger partial charge in [0, 0.05) is 0 Å². The fraction of sp³-hybridized carbons (Fsp3) is 0.875. The Balaban J connectivity index is 2.84. The average molecular weight is 190 g/mol. The van der Waals surface area contributed by atoms with E-state index in [0.717, 1.165) is 19.3 Å². The van der Waals surface area contributed by atoms with Crippen molar-refractivity contribution < 1.29 is 13.6 Å². The topological polar surface area (TPSA) is 54.4 Å². The highest BCUT2D eigenvalue weighted by Crippen LogP contribution is 2.33. The van der Waals surface area contributed by atoms with E-state index in [1.54, 1.807) is 0 Å². The molecule has 0 aromatic heterocycles. The predicted octanol–water partition coefficient (Wildman–Crippen LogP) is 1.50. The van der Waals surface area contributed by atoms with Gasteiger partial charge in [0.2, 0.25) is 0 Å². The number of carbonyl (C=O) groups is 1. The van der Waals surface area contributed by atoms with Crippen LogP contribution in [0.15, 0.2) is 0 Å². The third-order valence-corrected chi connectivity index (χ3v) is 4.00. The Kier molecular flexibility index (Phi) is 3.01. The van der Waals surface area contributed by atoms with Crippen LogP contribution in [0, 0.1) is 0 Å². The number of hydrogen-bond acceptors (Lipinski definition) is 2. The van der Waals surface area contributed by atoms with E-state index in [1.165, 1.54) is 6.92 Å². The van der Waals surface area contributed by atoms with Gasteiger partial charge in [-0.05, 0) is 19.8 Å². The van der Waals surface area contributed by atoms with Crippen LogP contribution in [0.1, 0.15) is 39.0 Å². The van der Waals surface area contributed by atoms with Gasteiger partial charge in [0.05, 0.1) is 0 Å². The van der Waals surface area contributed by atoms with E-state index < -0.39 is 15.8 Å². The molecule has 0 amide bonds. The Labute approximate surface area is 74.8 Å². The fourth-order valence-electron chi connectivity index (χ4n) is 1.77. The molecule has 1 aliphatic rings. The molecule has 1 saturated carbocycles. The van der Waals surface area contributed by atoms with E-state index >= 15 is 0 Å². The summed E-state index contributed by atoms with van der Waals surface area (Å²) in [4.78, 5) is 11.2. The molecule has 1 N–H and O–H groups in total. The van der Waals surface area contributed by atoms with Crippen LogP contribution in [0.25, 0.3) is 0 Å². The van der Waals surface area contributed by atoms with Gasteiger partial charge in [-0.25, -0.2) is 4.21 Å². The maximum atomic E-state index is 11.2. The van der Waals surface area contributed by atoms with Crippen LogP contribution < -0.4 is 0 Å². The van der Waals surface area contributed by atoms with Crippen molar-refractivity contribution in [2.75, 3.05) is 0 Å². The van der Waals surface area contributed by atoms with Crippen LogP contribution in [0.3, 0.4) is 0 Å². The average Bonchev–Trinajstić information content (AvgIpc) is 2.05. The summed E-state index contributed by atoms with van der Waals surface area (Å²) in [6.45, 7) is 1.42. The Hall–Kier alpha value is -0.220. The Morgan fingerprint density at radius 1 is 1.33 bits per heavy atom. The van der Waals surface area contributed by atoms with E-state index in [4.69, 9.17) is 4.55 Å². The van der Waals surface area contributed by atoms with Crippen LogP contribution in [0.4, 0.5) is 0 Å². The lowest BCUT2D eigenvalue weighted by Gasteiger charge is -2.30. The highest BCUT2D eigenvalue weighted by Gasteiger charge is 2.42. The van der Waals surface area contributed by atoms with Crippen molar-refractivity contribution in [3.8, 4) is 0 Å². The molecular formula is C8H14O3S. The molecule has 70 valence electrons. The van der Waals surface area contributed by atoms with E-state index in [2.05, 4.69) is 0 Å². The lowest BCUT2D eigenvalue weighted by atomic mass is 9.86. The third kappa shape index (κ3) is 1.59. The molecule has 4 heteroatoms. The molecule has 0 radical (unpaired) electrons. The maximum absolute atomic E-state index is 11.2. The van der Waals surface area contributed by atoms with Gasteiger partial charge in [-0.2, -0.15) is 0 Å². The first-order chi connectivity index (χ1) is 5.59.